The summed E-state index contributed by atoms with van der Waals surface area (Å²) < 4.78 is 10.2. The highest BCUT2D eigenvalue weighted by Gasteiger charge is 2.27. The molecule has 1 fully saturated rings. The van der Waals surface area contributed by atoms with Gasteiger partial charge in [-0.1, -0.05) is 0 Å². The molecular weight excluding hydrogens is 132 g/mol. The third-order valence-electron chi connectivity index (χ3n) is 1.85. The van der Waals surface area contributed by atoms with Gasteiger partial charge in [0, 0.05) is 13.5 Å². The fourth-order valence-electron chi connectivity index (χ4n) is 1.18. The Morgan fingerprint density at radius 3 is 2.80 bits per heavy atom. The molecule has 0 saturated carbocycles. The fourth-order valence-corrected chi connectivity index (χ4v) is 1.18. The molecule has 3 atom stereocenters. The van der Waals surface area contributed by atoms with Crippen molar-refractivity contribution in [2.75, 3.05) is 13.7 Å². The van der Waals surface area contributed by atoms with Gasteiger partial charge in [0.2, 0.25) is 0 Å². The first-order chi connectivity index (χ1) is 4.74. The minimum atomic E-state index is -0.443. The van der Waals surface area contributed by atoms with E-state index in [0.29, 0.717) is 6.61 Å². The van der Waals surface area contributed by atoms with E-state index in [4.69, 9.17) is 9.47 Å². The molecule has 3 heteroatoms. The first-order valence-electron chi connectivity index (χ1n) is 3.56. The molecule has 0 aromatic heterocycles. The van der Waals surface area contributed by atoms with E-state index < -0.39 is 6.10 Å². The van der Waals surface area contributed by atoms with Crippen LogP contribution in [0.3, 0.4) is 0 Å². The summed E-state index contributed by atoms with van der Waals surface area (Å²) in [7, 11) is 1.62. The number of ether oxygens (including phenoxy) is 2. The highest BCUT2D eigenvalue weighted by molar-refractivity contribution is 4.76. The molecule has 0 aromatic rings. The van der Waals surface area contributed by atoms with E-state index in [1.165, 1.54) is 0 Å². The van der Waals surface area contributed by atoms with E-state index in [1.807, 2.05) is 6.92 Å². The van der Waals surface area contributed by atoms with Crippen LogP contribution < -0.4 is 0 Å². The summed E-state index contributed by atoms with van der Waals surface area (Å²) in [5.74, 6) is 0. The van der Waals surface area contributed by atoms with Gasteiger partial charge in [0.25, 0.3) is 0 Å². The van der Waals surface area contributed by atoms with Gasteiger partial charge in [-0.25, -0.2) is 0 Å². The van der Waals surface area contributed by atoms with E-state index in [9.17, 15) is 5.11 Å². The molecule has 0 aliphatic carbocycles. The van der Waals surface area contributed by atoms with E-state index in [2.05, 4.69) is 0 Å². The van der Waals surface area contributed by atoms with Gasteiger partial charge in [-0.15, -0.1) is 0 Å². The van der Waals surface area contributed by atoms with Gasteiger partial charge in [-0.3, -0.25) is 0 Å². The second kappa shape index (κ2) is 3.32. The van der Waals surface area contributed by atoms with Gasteiger partial charge < -0.3 is 14.6 Å². The van der Waals surface area contributed by atoms with Gasteiger partial charge >= 0.3 is 0 Å². The van der Waals surface area contributed by atoms with Crippen LogP contribution in [0.5, 0.6) is 0 Å². The molecular formula is C7H14O3. The number of methoxy groups -OCH3 is 1. The largest absolute Gasteiger partial charge is 0.388 e. The Morgan fingerprint density at radius 1 is 1.60 bits per heavy atom. The Hall–Kier alpha value is -0.120. The summed E-state index contributed by atoms with van der Waals surface area (Å²) in [5.41, 5.74) is 0. The lowest BCUT2D eigenvalue weighted by Crippen LogP contribution is -2.41. The summed E-state index contributed by atoms with van der Waals surface area (Å²) in [5, 5.41) is 9.24. The van der Waals surface area contributed by atoms with Crippen LogP contribution in [0.25, 0.3) is 0 Å². The second-order valence-corrected chi connectivity index (χ2v) is 2.72. The van der Waals surface area contributed by atoms with Crippen molar-refractivity contribution in [1.29, 1.82) is 0 Å². The monoisotopic (exact) mass is 146 g/mol. The zero-order valence-electron chi connectivity index (χ0n) is 6.41. The SMILES string of the molecule is CO[C@@H]1C[C@@H](C)OC[C@H]1O. The summed E-state index contributed by atoms with van der Waals surface area (Å²) in [6, 6.07) is 0. The summed E-state index contributed by atoms with van der Waals surface area (Å²) in [4.78, 5) is 0. The Morgan fingerprint density at radius 2 is 2.30 bits per heavy atom. The van der Waals surface area contributed by atoms with Crippen LogP contribution in [-0.2, 0) is 9.47 Å². The van der Waals surface area contributed by atoms with Gasteiger partial charge in [0.05, 0.1) is 18.8 Å². The summed E-state index contributed by atoms with van der Waals surface area (Å²) in [6.07, 6.45) is 0.524. The average molecular weight is 146 g/mol. The minimum absolute atomic E-state index is 0.0382. The third kappa shape index (κ3) is 1.68. The maximum atomic E-state index is 9.24. The van der Waals surface area contributed by atoms with Crippen molar-refractivity contribution in [3.8, 4) is 0 Å². The minimum Gasteiger partial charge on any atom is -0.388 e. The molecule has 0 radical (unpaired) electrons. The van der Waals surface area contributed by atoms with E-state index in [0.717, 1.165) is 6.42 Å². The zero-order chi connectivity index (χ0) is 7.56. The number of hydrogen-bond acceptors (Lipinski definition) is 3. The fraction of sp³-hybridized carbons (Fsp3) is 1.00. The molecule has 0 spiro atoms. The van der Waals surface area contributed by atoms with Crippen LogP contribution in [0.2, 0.25) is 0 Å². The van der Waals surface area contributed by atoms with E-state index >= 15 is 0 Å². The van der Waals surface area contributed by atoms with Crippen molar-refractivity contribution in [1.82, 2.24) is 0 Å². The molecule has 1 rings (SSSR count). The number of aliphatic hydroxyl groups excluding tert-OH is 1. The van der Waals surface area contributed by atoms with Crippen LogP contribution in [0.1, 0.15) is 13.3 Å². The van der Waals surface area contributed by atoms with E-state index in [-0.39, 0.29) is 12.2 Å². The van der Waals surface area contributed by atoms with Crippen molar-refractivity contribution in [3.05, 3.63) is 0 Å². The van der Waals surface area contributed by atoms with Crippen molar-refractivity contribution < 1.29 is 14.6 Å². The van der Waals surface area contributed by atoms with Crippen LogP contribution >= 0.6 is 0 Å². The predicted octanol–water partition coefficient (Wildman–Crippen LogP) is 0.171. The highest BCUT2D eigenvalue weighted by Crippen LogP contribution is 2.15. The molecule has 0 bridgehead atoms. The first kappa shape index (κ1) is 7.98. The van der Waals surface area contributed by atoms with Crippen molar-refractivity contribution in [2.45, 2.75) is 31.7 Å². The molecule has 0 unspecified atom stereocenters. The Kier molecular flexibility index (Phi) is 2.65. The Labute approximate surface area is 60.9 Å². The lowest BCUT2D eigenvalue weighted by atomic mass is 10.1. The van der Waals surface area contributed by atoms with Gasteiger partial charge in [0.1, 0.15) is 6.10 Å². The smallest absolute Gasteiger partial charge is 0.104 e. The lowest BCUT2D eigenvalue weighted by molar-refractivity contribution is -0.127. The van der Waals surface area contributed by atoms with Crippen LogP contribution in [0.15, 0.2) is 0 Å². The number of rotatable bonds is 1. The predicted molar refractivity (Wildman–Crippen MR) is 36.8 cm³/mol. The molecule has 0 aromatic carbocycles. The van der Waals surface area contributed by atoms with E-state index in [1.54, 1.807) is 7.11 Å². The molecule has 3 nitrogen and oxygen atoms in total. The van der Waals surface area contributed by atoms with Crippen molar-refractivity contribution in [2.24, 2.45) is 0 Å². The van der Waals surface area contributed by atoms with Crippen molar-refractivity contribution in [3.63, 3.8) is 0 Å². The van der Waals surface area contributed by atoms with Gasteiger partial charge in [-0.2, -0.15) is 0 Å². The summed E-state index contributed by atoms with van der Waals surface area (Å²) >= 11 is 0. The molecule has 60 valence electrons. The molecule has 1 N–H and O–H groups in total. The van der Waals surface area contributed by atoms with Crippen molar-refractivity contribution >= 4 is 0 Å². The molecule has 1 aliphatic rings. The summed E-state index contributed by atoms with van der Waals surface area (Å²) in [6.45, 7) is 2.39. The standard InChI is InChI=1S/C7H14O3/c1-5-3-7(9-2)6(8)4-10-5/h5-8H,3-4H2,1-2H3/t5-,6-,7-/m1/s1. The number of aliphatic hydroxyl groups is 1. The normalized spacial score (nSPS) is 41.7. The topological polar surface area (TPSA) is 38.7 Å². The van der Waals surface area contributed by atoms with Crippen LogP contribution in [0.4, 0.5) is 0 Å². The number of hydrogen-bond donors (Lipinski definition) is 1. The maximum absolute atomic E-state index is 9.24. The third-order valence-corrected chi connectivity index (χ3v) is 1.85. The first-order valence-corrected chi connectivity index (χ1v) is 3.56. The maximum Gasteiger partial charge on any atom is 0.104 e. The average Bonchev–Trinajstić information content (AvgIpc) is 1.94. The molecule has 10 heavy (non-hydrogen) atoms. The lowest BCUT2D eigenvalue weighted by Gasteiger charge is -2.30. The second-order valence-electron chi connectivity index (χ2n) is 2.72. The van der Waals surface area contributed by atoms with Crippen LogP contribution in [-0.4, -0.2) is 37.1 Å². The van der Waals surface area contributed by atoms with Crippen LogP contribution in [0, 0.1) is 0 Å². The quantitative estimate of drug-likeness (QED) is 0.573. The Balaban J connectivity index is 2.38. The highest BCUT2D eigenvalue weighted by atomic mass is 16.5. The zero-order valence-corrected chi connectivity index (χ0v) is 6.41. The molecule has 1 aliphatic heterocycles. The molecule has 1 saturated heterocycles. The van der Waals surface area contributed by atoms with Gasteiger partial charge in [-0.05, 0) is 6.92 Å². The molecule has 0 amide bonds. The molecule has 1 heterocycles. The van der Waals surface area contributed by atoms with Gasteiger partial charge in [0.15, 0.2) is 0 Å². The Bertz CT molecular complexity index is 105.